The Morgan fingerprint density at radius 1 is 0.952 bits per heavy atom. The normalized spacial score (nSPS) is 16.8. The third-order valence-corrected chi connectivity index (χ3v) is 4.18. The lowest BCUT2D eigenvalue weighted by molar-refractivity contribution is -0.120. The van der Waals surface area contributed by atoms with E-state index in [4.69, 9.17) is 9.47 Å². The van der Waals surface area contributed by atoms with Gasteiger partial charge >= 0.3 is 0 Å². The predicted octanol–water partition coefficient (Wildman–Crippen LogP) is 4.41. The number of fused-ring (bicyclic) bond motifs is 2. The summed E-state index contributed by atoms with van der Waals surface area (Å²) in [6.45, 7) is 4.50. The van der Waals surface area contributed by atoms with Gasteiger partial charge in [0.1, 0.15) is 5.75 Å². The Balaban J connectivity index is 1.75. The standard InChI is InChI=1S/C19H18O2/c1-19(11-20-12-19)13-21-18-8-4-7-16-9-14-5-2-3-6-15(14)10-17(16)18/h2-10H,11-13H2,1H3. The van der Waals surface area contributed by atoms with Gasteiger partial charge in [0.05, 0.1) is 19.8 Å². The molecule has 1 saturated heterocycles. The molecule has 3 aromatic carbocycles. The fourth-order valence-electron chi connectivity index (χ4n) is 2.85. The molecule has 0 aromatic heterocycles. The Labute approximate surface area is 124 Å². The molecule has 1 fully saturated rings. The van der Waals surface area contributed by atoms with Crippen molar-refractivity contribution in [2.75, 3.05) is 19.8 Å². The van der Waals surface area contributed by atoms with Crippen molar-refractivity contribution in [3.63, 3.8) is 0 Å². The molecule has 1 aliphatic heterocycles. The predicted molar refractivity (Wildman–Crippen MR) is 85.9 cm³/mol. The van der Waals surface area contributed by atoms with Crippen LogP contribution in [0.15, 0.2) is 54.6 Å². The van der Waals surface area contributed by atoms with Crippen LogP contribution in [0.5, 0.6) is 5.75 Å². The van der Waals surface area contributed by atoms with Crippen LogP contribution in [0.1, 0.15) is 6.92 Å². The number of ether oxygens (including phenoxy) is 2. The second-order valence-corrected chi connectivity index (χ2v) is 6.27. The molecule has 0 N–H and O–H groups in total. The summed E-state index contributed by atoms with van der Waals surface area (Å²) in [6, 6.07) is 19.2. The van der Waals surface area contributed by atoms with Gasteiger partial charge in [0.2, 0.25) is 0 Å². The van der Waals surface area contributed by atoms with Crippen LogP contribution in [0, 0.1) is 5.41 Å². The summed E-state index contributed by atoms with van der Waals surface area (Å²) >= 11 is 0. The number of hydrogen-bond donors (Lipinski definition) is 0. The molecule has 0 saturated carbocycles. The molecule has 0 amide bonds. The Hall–Kier alpha value is -2.06. The van der Waals surface area contributed by atoms with Crippen molar-refractivity contribution >= 4 is 21.5 Å². The maximum Gasteiger partial charge on any atom is 0.127 e. The first-order chi connectivity index (χ1) is 10.2. The van der Waals surface area contributed by atoms with Gasteiger partial charge in [-0.2, -0.15) is 0 Å². The van der Waals surface area contributed by atoms with E-state index in [0.29, 0.717) is 6.61 Å². The highest BCUT2D eigenvalue weighted by atomic mass is 16.5. The zero-order chi connectivity index (χ0) is 14.3. The van der Waals surface area contributed by atoms with E-state index in [0.717, 1.165) is 19.0 Å². The van der Waals surface area contributed by atoms with Crippen molar-refractivity contribution in [1.29, 1.82) is 0 Å². The lowest BCUT2D eigenvalue weighted by Crippen LogP contribution is -2.44. The topological polar surface area (TPSA) is 18.5 Å². The van der Waals surface area contributed by atoms with Crippen LogP contribution >= 0.6 is 0 Å². The van der Waals surface area contributed by atoms with Gasteiger partial charge in [-0.1, -0.05) is 43.3 Å². The number of hydrogen-bond acceptors (Lipinski definition) is 2. The second-order valence-electron chi connectivity index (χ2n) is 6.27. The van der Waals surface area contributed by atoms with E-state index in [2.05, 4.69) is 61.5 Å². The molecule has 2 heteroatoms. The molecule has 0 atom stereocenters. The summed E-state index contributed by atoms with van der Waals surface area (Å²) in [5, 5.41) is 4.92. The van der Waals surface area contributed by atoms with E-state index in [1.807, 2.05) is 0 Å². The highest BCUT2D eigenvalue weighted by Crippen LogP contribution is 2.32. The molecule has 0 radical (unpaired) electrons. The summed E-state index contributed by atoms with van der Waals surface area (Å²) in [5.41, 5.74) is 0.166. The molecule has 3 aromatic rings. The van der Waals surface area contributed by atoms with Gasteiger partial charge < -0.3 is 9.47 Å². The molecular weight excluding hydrogens is 260 g/mol. The van der Waals surface area contributed by atoms with Crippen LogP contribution in [-0.2, 0) is 4.74 Å². The van der Waals surface area contributed by atoms with Crippen molar-refractivity contribution in [2.45, 2.75) is 6.92 Å². The maximum atomic E-state index is 6.10. The highest BCUT2D eigenvalue weighted by Gasteiger charge is 2.34. The first-order valence-electron chi connectivity index (χ1n) is 7.36. The Morgan fingerprint density at radius 3 is 2.38 bits per heavy atom. The van der Waals surface area contributed by atoms with Gasteiger partial charge in [0, 0.05) is 10.8 Å². The summed E-state index contributed by atoms with van der Waals surface area (Å²) in [6.07, 6.45) is 0. The minimum absolute atomic E-state index is 0.166. The highest BCUT2D eigenvalue weighted by molar-refractivity contribution is 6.00. The molecule has 1 heterocycles. The Kier molecular flexibility index (Phi) is 2.86. The molecule has 4 rings (SSSR count). The SMILES string of the molecule is CC1(COc2cccc3cc4ccccc4cc23)COC1. The first-order valence-corrected chi connectivity index (χ1v) is 7.36. The molecule has 21 heavy (non-hydrogen) atoms. The lowest BCUT2D eigenvalue weighted by Gasteiger charge is -2.37. The van der Waals surface area contributed by atoms with Crippen molar-refractivity contribution < 1.29 is 9.47 Å². The fraction of sp³-hybridized carbons (Fsp3) is 0.263. The van der Waals surface area contributed by atoms with Crippen LogP contribution in [0.25, 0.3) is 21.5 Å². The van der Waals surface area contributed by atoms with E-state index >= 15 is 0 Å². The maximum absolute atomic E-state index is 6.10. The van der Waals surface area contributed by atoms with Gasteiger partial charge in [0.15, 0.2) is 0 Å². The van der Waals surface area contributed by atoms with Gasteiger partial charge in [-0.15, -0.1) is 0 Å². The summed E-state index contributed by atoms with van der Waals surface area (Å²) < 4.78 is 11.4. The van der Waals surface area contributed by atoms with Gasteiger partial charge in [0.25, 0.3) is 0 Å². The number of rotatable bonds is 3. The third kappa shape index (κ3) is 2.26. The van der Waals surface area contributed by atoms with Gasteiger partial charge in [-0.05, 0) is 34.4 Å². The van der Waals surface area contributed by atoms with Crippen LogP contribution in [-0.4, -0.2) is 19.8 Å². The van der Waals surface area contributed by atoms with Gasteiger partial charge in [-0.3, -0.25) is 0 Å². The molecular formula is C19H18O2. The third-order valence-electron chi connectivity index (χ3n) is 4.18. The average molecular weight is 278 g/mol. The molecule has 1 aliphatic rings. The van der Waals surface area contributed by atoms with Crippen LogP contribution < -0.4 is 4.74 Å². The summed E-state index contributed by atoms with van der Waals surface area (Å²) in [7, 11) is 0. The van der Waals surface area contributed by atoms with Crippen LogP contribution in [0.2, 0.25) is 0 Å². The summed E-state index contributed by atoms with van der Waals surface area (Å²) in [4.78, 5) is 0. The van der Waals surface area contributed by atoms with Crippen molar-refractivity contribution in [2.24, 2.45) is 5.41 Å². The molecule has 0 bridgehead atoms. The Bertz CT molecular complexity index is 803. The second kappa shape index (κ2) is 4.74. The van der Waals surface area contributed by atoms with Crippen molar-refractivity contribution in [3.05, 3.63) is 54.6 Å². The molecule has 0 aliphatic carbocycles. The molecule has 106 valence electrons. The van der Waals surface area contributed by atoms with E-state index in [-0.39, 0.29) is 5.41 Å². The first kappa shape index (κ1) is 12.7. The lowest BCUT2D eigenvalue weighted by atomic mass is 9.90. The quantitative estimate of drug-likeness (QED) is 0.661. The van der Waals surface area contributed by atoms with E-state index in [9.17, 15) is 0 Å². The monoisotopic (exact) mass is 278 g/mol. The van der Waals surface area contributed by atoms with Crippen molar-refractivity contribution in [1.82, 2.24) is 0 Å². The van der Waals surface area contributed by atoms with Crippen LogP contribution in [0.3, 0.4) is 0 Å². The molecule has 2 nitrogen and oxygen atoms in total. The average Bonchev–Trinajstić information content (AvgIpc) is 2.49. The fourth-order valence-corrected chi connectivity index (χ4v) is 2.85. The van der Waals surface area contributed by atoms with Gasteiger partial charge in [-0.25, -0.2) is 0 Å². The largest absolute Gasteiger partial charge is 0.492 e. The number of benzene rings is 3. The van der Waals surface area contributed by atoms with E-state index < -0.39 is 0 Å². The summed E-state index contributed by atoms with van der Waals surface area (Å²) in [5.74, 6) is 0.964. The van der Waals surface area contributed by atoms with E-state index in [1.54, 1.807) is 0 Å². The Morgan fingerprint density at radius 2 is 1.67 bits per heavy atom. The zero-order valence-electron chi connectivity index (χ0n) is 12.1. The zero-order valence-corrected chi connectivity index (χ0v) is 12.1. The minimum Gasteiger partial charge on any atom is -0.492 e. The van der Waals surface area contributed by atoms with Crippen LogP contribution in [0.4, 0.5) is 0 Å². The molecule has 0 spiro atoms. The van der Waals surface area contributed by atoms with Crippen molar-refractivity contribution in [3.8, 4) is 5.75 Å². The minimum atomic E-state index is 0.166. The van der Waals surface area contributed by atoms with E-state index in [1.165, 1.54) is 21.5 Å². The smallest absolute Gasteiger partial charge is 0.127 e. The molecule has 0 unspecified atom stereocenters.